The van der Waals surface area contributed by atoms with E-state index in [1.54, 1.807) is 31.2 Å². The van der Waals surface area contributed by atoms with Gasteiger partial charge in [0.2, 0.25) is 0 Å². The fourth-order valence-electron chi connectivity index (χ4n) is 2.66. The summed E-state index contributed by atoms with van der Waals surface area (Å²) in [5, 5.41) is 3.76. The normalized spacial score (nSPS) is 11.4. The van der Waals surface area contributed by atoms with Gasteiger partial charge in [0, 0.05) is 6.20 Å². The van der Waals surface area contributed by atoms with Crippen LogP contribution in [-0.4, -0.2) is 14.8 Å². The van der Waals surface area contributed by atoms with Gasteiger partial charge in [0.1, 0.15) is 16.9 Å². The number of rotatable bonds is 1. The van der Waals surface area contributed by atoms with Crippen molar-refractivity contribution in [2.75, 3.05) is 0 Å². The summed E-state index contributed by atoms with van der Waals surface area (Å²) >= 11 is 5.83. The predicted molar refractivity (Wildman–Crippen MR) is 86.6 cm³/mol. The maximum atomic E-state index is 12.7. The Balaban J connectivity index is 2.15. The molecule has 0 bridgehead atoms. The van der Waals surface area contributed by atoms with Crippen LogP contribution in [0.25, 0.3) is 28.0 Å². The van der Waals surface area contributed by atoms with Crippen LogP contribution < -0.4 is 11.0 Å². The number of aryl methyl sites for hydroxylation is 1. The van der Waals surface area contributed by atoms with Crippen LogP contribution in [-0.2, 0) is 0 Å². The molecule has 0 saturated carbocycles. The molecule has 23 heavy (non-hydrogen) atoms. The molecule has 0 aromatic carbocycles. The molecule has 4 rings (SSSR count). The Bertz CT molecular complexity index is 1120. The molecule has 0 spiro atoms. The molecule has 2 aliphatic rings. The first-order valence-electron chi connectivity index (χ1n) is 6.85. The van der Waals surface area contributed by atoms with Gasteiger partial charge in [-0.05, 0) is 31.2 Å². The van der Waals surface area contributed by atoms with Crippen LogP contribution in [0, 0.1) is 6.92 Å². The van der Waals surface area contributed by atoms with Gasteiger partial charge in [0.15, 0.2) is 11.2 Å². The smallest absolute Gasteiger partial charge is 0.283 e. The number of H-pyrrole nitrogens is 1. The van der Waals surface area contributed by atoms with Gasteiger partial charge >= 0.3 is 0 Å². The fraction of sp³-hybridized carbons (Fsp3) is 0.0625. The van der Waals surface area contributed by atoms with E-state index in [2.05, 4.69) is 10.1 Å². The van der Waals surface area contributed by atoms with Crippen molar-refractivity contribution in [3.8, 4) is 17.1 Å². The first-order chi connectivity index (χ1) is 11.1. The second-order valence-corrected chi connectivity index (χ2v) is 5.56. The van der Waals surface area contributed by atoms with E-state index in [1.807, 2.05) is 0 Å². The van der Waals surface area contributed by atoms with Crippen molar-refractivity contribution >= 4 is 22.5 Å². The first kappa shape index (κ1) is 13.8. The summed E-state index contributed by atoms with van der Waals surface area (Å²) in [6.07, 6.45) is 1.45. The largest absolute Gasteiger partial charge is 0.460 e. The number of nitrogens with one attached hydrogen (secondary N) is 1. The first-order valence-corrected chi connectivity index (χ1v) is 7.23. The van der Waals surface area contributed by atoms with Gasteiger partial charge in [-0.2, -0.15) is 0 Å². The molecule has 1 aliphatic carbocycles. The molecular weight excluding hydrogens is 318 g/mol. The van der Waals surface area contributed by atoms with Crippen molar-refractivity contribution in [3.63, 3.8) is 0 Å². The third-order valence-electron chi connectivity index (χ3n) is 3.68. The maximum absolute atomic E-state index is 12.7. The molecule has 0 fully saturated rings. The standard InChI is InChI=1S/C16H10ClN3O3/c1-8-13-15(14-10(21)3-2-4-11(14)23-8)19-20(16(13)22)12-6-5-9(17)7-18-12/h2-7,19H,1H3. The highest BCUT2D eigenvalue weighted by atomic mass is 35.5. The molecule has 2 aromatic rings. The molecule has 2 aromatic heterocycles. The van der Waals surface area contributed by atoms with Gasteiger partial charge in [-0.3, -0.25) is 14.7 Å². The lowest BCUT2D eigenvalue weighted by Gasteiger charge is -2.05. The van der Waals surface area contributed by atoms with Crippen molar-refractivity contribution in [2.45, 2.75) is 6.92 Å². The summed E-state index contributed by atoms with van der Waals surface area (Å²) in [4.78, 5) is 29.0. The van der Waals surface area contributed by atoms with Gasteiger partial charge in [-0.15, -0.1) is 0 Å². The van der Waals surface area contributed by atoms with Gasteiger partial charge in [0.05, 0.1) is 16.1 Å². The molecule has 0 radical (unpaired) electrons. The molecule has 0 amide bonds. The molecule has 6 nitrogen and oxygen atoms in total. The van der Waals surface area contributed by atoms with Crippen molar-refractivity contribution in [1.29, 1.82) is 0 Å². The lowest BCUT2D eigenvalue weighted by atomic mass is 10.1. The summed E-state index contributed by atoms with van der Waals surface area (Å²) in [7, 11) is 0. The van der Waals surface area contributed by atoms with E-state index < -0.39 is 0 Å². The van der Waals surface area contributed by atoms with Gasteiger partial charge in [-0.25, -0.2) is 9.67 Å². The molecule has 1 N–H and O–H groups in total. The Labute approximate surface area is 134 Å². The number of aromatic amines is 1. The van der Waals surface area contributed by atoms with Crippen molar-refractivity contribution in [1.82, 2.24) is 14.8 Å². The highest BCUT2D eigenvalue weighted by Crippen LogP contribution is 2.28. The Morgan fingerprint density at radius 3 is 2.78 bits per heavy atom. The Hall–Kier alpha value is -2.86. The lowest BCUT2D eigenvalue weighted by Crippen LogP contribution is -2.15. The summed E-state index contributed by atoms with van der Waals surface area (Å²) in [6, 6.07) is 8.00. The number of pyridine rings is 1. The topological polar surface area (TPSA) is 80.9 Å². The molecule has 7 heteroatoms. The van der Waals surface area contributed by atoms with Crippen molar-refractivity contribution in [3.05, 3.63) is 67.9 Å². The van der Waals surface area contributed by atoms with Gasteiger partial charge in [0.25, 0.3) is 5.56 Å². The van der Waals surface area contributed by atoms with Crippen LogP contribution in [0.2, 0.25) is 5.02 Å². The van der Waals surface area contributed by atoms with Gasteiger partial charge < -0.3 is 4.42 Å². The number of benzene rings is 1. The third kappa shape index (κ3) is 1.99. The lowest BCUT2D eigenvalue weighted by molar-refractivity contribution is 0.538. The zero-order chi connectivity index (χ0) is 16.1. The van der Waals surface area contributed by atoms with Crippen molar-refractivity contribution in [2.24, 2.45) is 0 Å². The van der Waals surface area contributed by atoms with Crippen LogP contribution in [0.15, 0.2) is 50.5 Å². The minimum Gasteiger partial charge on any atom is -0.460 e. The van der Waals surface area contributed by atoms with Crippen molar-refractivity contribution < 1.29 is 4.42 Å². The van der Waals surface area contributed by atoms with E-state index in [4.69, 9.17) is 16.0 Å². The number of hydrogen-bond donors (Lipinski definition) is 1. The minimum atomic E-state index is -0.332. The number of halogens is 1. The molecule has 0 unspecified atom stereocenters. The molecule has 114 valence electrons. The monoisotopic (exact) mass is 327 g/mol. The molecular formula is C16H10ClN3O3. The number of hydrogen-bond acceptors (Lipinski definition) is 4. The summed E-state index contributed by atoms with van der Waals surface area (Å²) in [5.74, 6) is 1.25. The van der Waals surface area contributed by atoms with E-state index in [-0.39, 0.29) is 11.0 Å². The van der Waals surface area contributed by atoms with Crippen LogP contribution in [0.4, 0.5) is 0 Å². The average molecular weight is 328 g/mol. The van der Waals surface area contributed by atoms with Crippen LogP contribution in [0.1, 0.15) is 5.76 Å². The third-order valence-corrected chi connectivity index (χ3v) is 3.91. The van der Waals surface area contributed by atoms with Gasteiger partial charge in [-0.1, -0.05) is 17.7 Å². The minimum absolute atomic E-state index is 0.214. The summed E-state index contributed by atoms with van der Waals surface area (Å²) < 4.78 is 6.90. The zero-order valence-electron chi connectivity index (χ0n) is 12.0. The van der Waals surface area contributed by atoms with E-state index >= 15 is 0 Å². The summed E-state index contributed by atoms with van der Waals surface area (Å²) in [5.41, 5.74) is 0.240. The maximum Gasteiger partial charge on any atom is 0.283 e. The SMILES string of the molecule is Cc1oc2cccc(=O)c-2c2[nH]n(-c3ccc(Cl)cn3)c(=O)c12. The fourth-order valence-corrected chi connectivity index (χ4v) is 2.78. The van der Waals surface area contributed by atoms with Crippen LogP contribution in [0.5, 0.6) is 0 Å². The number of fused-ring (bicyclic) bond motifs is 3. The molecule has 1 aliphatic heterocycles. The highest BCUT2D eigenvalue weighted by molar-refractivity contribution is 6.30. The average Bonchev–Trinajstić information content (AvgIpc) is 2.86. The zero-order valence-corrected chi connectivity index (χ0v) is 12.7. The highest BCUT2D eigenvalue weighted by Gasteiger charge is 2.21. The molecule has 0 saturated heterocycles. The Morgan fingerprint density at radius 2 is 2.04 bits per heavy atom. The Morgan fingerprint density at radius 1 is 1.22 bits per heavy atom. The second-order valence-electron chi connectivity index (χ2n) is 5.12. The van der Waals surface area contributed by atoms with Crippen LogP contribution >= 0.6 is 11.6 Å². The molecule has 0 atom stereocenters. The molecule has 3 heterocycles. The Kier molecular flexibility index (Phi) is 2.89. The summed E-state index contributed by atoms with van der Waals surface area (Å²) in [6.45, 7) is 1.69. The number of aromatic nitrogens is 3. The quantitative estimate of drug-likeness (QED) is 0.583. The second kappa shape index (κ2) is 4.82. The van der Waals surface area contributed by atoms with E-state index in [0.717, 1.165) is 0 Å². The van der Waals surface area contributed by atoms with E-state index in [9.17, 15) is 9.59 Å². The van der Waals surface area contributed by atoms with E-state index in [1.165, 1.54) is 16.9 Å². The van der Waals surface area contributed by atoms with E-state index in [0.29, 0.717) is 38.8 Å². The number of nitrogens with zero attached hydrogens (tertiary/aromatic N) is 2. The predicted octanol–water partition coefficient (Wildman–Crippen LogP) is 2.73. The van der Waals surface area contributed by atoms with Crippen LogP contribution in [0.3, 0.4) is 0 Å².